The van der Waals surface area contributed by atoms with Crippen LogP contribution in [0.1, 0.15) is 19.8 Å². The van der Waals surface area contributed by atoms with E-state index in [0.717, 1.165) is 6.54 Å². The van der Waals surface area contributed by atoms with Gasteiger partial charge < -0.3 is 15.5 Å². The number of aromatic nitrogens is 1. The van der Waals surface area contributed by atoms with E-state index in [-0.39, 0.29) is 10.6 Å². The van der Waals surface area contributed by atoms with Crippen LogP contribution in [0, 0.1) is 16.0 Å². The molecule has 7 nitrogen and oxygen atoms in total. The molecule has 114 valence electrons. The Balaban J connectivity index is 1.79. The highest BCUT2D eigenvalue weighted by atomic mass is 16.6. The highest BCUT2D eigenvalue weighted by molar-refractivity contribution is 5.55. The van der Waals surface area contributed by atoms with Crippen LogP contribution in [0.3, 0.4) is 0 Å². The summed E-state index contributed by atoms with van der Waals surface area (Å²) in [5, 5.41) is 17.5. The lowest BCUT2D eigenvalue weighted by Gasteiger charge is -2.45. The summed E-state index contributed by atoms with van der Waals surface area (Å²) in [4.78, 5) is 17.6. The van der Waals surface area contributed by atoms with Gasteiger partial charge in [-0.3, -0.25) is 10.1 Å². The first-order chi connectivity index (χ1) is 10.2. The van der Waals surface area contributed by atoms with Gasteiger partial charge in [0.15, 0.2) is 0 Å². The van der Waals surface area contributed by atoms with Gasteiger partial charge in [-0.05, 0) is 38.8 Å². The van der Waals surface area contributed by atoms with Crippen molar-refractivity contribution in [2.45, 2.75) is 25.8 Å². The SMILES string of the molecule is CCNc1cc([N+](=O)[O-])cc(NC2CN3CCC2CC3)n1. The molecule has 0 spiro atoms. The van der Waals surface area contributed by atoms with E-state index in [2.05, 4.69) is 20.5 Å². The molecule has 2 N–H and O–H groups in total. The molecule has 1 aromatic heterocycles. The van der Waals surface area contributed by atoms with Gasteiger partial charge in [0.05, 0.1) is 17.1 Å². The second-order valence-electron chi connectivity index (χ2n) is 5.77. The summed E-state index contributed by atoms with van der Waals surface area (Å²) >= 11 is 0. The molecule has 2 bridgehead atoms. The third kappa shape index (κ3) is 3.07. The van der Waals surface area contributed by atoms with Gasteiger partial charge in [-0.1, -0.05) is 0 Å². The largest absolute Gasteiger partial charge is 0.370 e. The summed E-state index contributed by atoms with van der Waals surface area (Å²) in [5.41, 5.74) is 0.0738. The Labute approximate surface area is 123 Å². The lowest BCUT2D eigenvalue weighted by Crippen LogP contribution is -2.53. The maximum Gasteiger partial charge on any atom is 0.276 e. The molecule has 7 heteroatoms. The van der Waals surface area contributed by atoms with Gasteiger partial charge in [-0.25, -0.2) is 4.98 Å². The summed E-state index contributed by atoms with van der Waals surface area (Å²) in [6, 6.07) is 3.35. The van der Waals surface area contributed by atoms with Crippen LogP contribution in [0.4, 0.5) is 17.3 Å². The smallest absolute Gasteiger partial charge is 0.276 e. The van der Waals surface area contributed by atoms with Gasteiger partial charge in [0.1, 0.15) is 11.6 Å². The molecule has 4 heterocycles. The fourth-order valence-electron chi connectivity index (χ4n) is 3.29. The normalized spacial score (nSPS) is 27.4. The number of hydrogen-bond donors (Lipinski definition) is 2. The zero-order valence-corrected chi connectivity index (χ0v) is 12.2. The van der Waals surface area contributed by atoms with E-state index in [1.807, 2.05) is 6.92 Å². The molecule has 0 amide bonds. The Morgan fingerprint density at radius 1 is 1.38 bits per heavy atom. The molecule has 4 rings (SSSR count). The lowest BCUT2D eigenvalue weighted by molar-refractivity contribution is -0.384. The molecule has 0 aliphatic carbocycles. The zero-order valence-electron chi connectivity index (χ0n) is 12.2. The van der Waals surface area contributed by atoms with E-state index in [0.29, 0.717) is 30.1 Å². The topological polar surface area (TPSA) is 83.3 Å². The fraction of sp³-hybridized carbons (Fsp3) is 0.643. The van der Waals surface area contributed by atoms with Crippen LogP contribution in [-0.2, 0) is 0 Å². The average molecular weight is 291 g/mol. The Kier molecular flexibility index (Phi) is 3.92. The minimum Gasteiger partial charge on any atom is -0.370 e. The second-order valence-corrected chi connectivity index (χ2v) is 5.77. The van der Waals surface area contributed by atoms with Crippen molar-refractivity contribution in [3.8, 4) is 0 Å². The predicted octanol–water partition coefficient (Wildman–Crippen LogP) is 1.93. The lowest BCUT2D eigenvalue weighted by atomic mass is 9.84. The summed E-state index contributed by atoms with van der Waals surface area (Å²) in [6.07, 6.45) is 2.40. The molecule has 3 aliphatic rings. The van der Waals surface area contributed by atoms with Crippen molar-refractivity contribution in [3.05, 3.63) is 22.2 Å². The minimum absolute atomic E-state index is 0.0738. The van der Waals surface area contributed by atoms with E-state index < -0.39 is 0 Å². The number of fused-ring (bicyclic) bond motifs is 3. The van der Waals surface area contributed by atoms with Crippen LogP contribution >= 0.6 is 0 Å². The van der Waals surface area contributed by atoms with Gasteiger partial charge in [0, 0.05) is 19.1 Å². The number of hydrogen-bond acceptors (Lipinski definition) is 6. The van der Waals surface area contributed by atoms with Crippen molar-refractivity contribution in [1.29, 1.82) is 0 Å². The molecule has 1 aromatic rings. The van der Waals surface area contributed by atoms with Crippen molar-refractivity contribution < 1.29 is 4.92 Å². The molecule has 3 aliphatic heterocycles. The highest BCUT2D eigenvalue weighted by Crippen LogP contribution is 2.30. The monoisotopic (exact) mass is 291 g/mol. The molecule has 3 fully saturated rings. The van der Waals surface area contributed by atoms with Crippen LogP contribution in [0.25, 0.3) is 0 Å². The molecule has 1 atom stereocenters. The summed E-state index contributed by atoms with van der Waals surface area (Å²) in [7, 11) is 0. The van der Waals surface area contributed by atoms with E-state index in [1.165, 1.54) is 38.1 Å². The number of nitrogens with one attached hydrogen (secondary N) is 2. The summed E-state index contributed by atoms with van der Waals surface area (Å²) in [6.45, 7) is 5.99. The van der Waals surface area contributed by atoms with Crippen molar-refractivity contribution in [3.63, 3.8) is 0 Å². The highest BCUT2D eigenvalue weighted by Gasteiger charge is 2.34. The van der Waals surface area contributed by atoms with Crippen LogP contribution < -0.4 is 10.6 Å². The first-order valence-corrected chi connectivity index (χ1v) is 7.55. The number of pyridine rings is 1. The molecule has 3 saturated heterocycles. The van der Waals surface area contributed by atoms with E-state index in [9.17, 15) is 10.1 Å². The van der Waals surface area contributed by atoms with Crippen LogP contribution in [0.5, 0.6) is 0 Å². The van der Waals surface area contributed by atoms with Crippen molar-refractivity contribution in [2.75, 3.05) is 36.8 Å². The Hall–Kier alpha value is -1.89. The number of rotatable bonds is 5. The Morgan fingerprint density at radius 2 is 2.10 bits per heavy atom. The van der Waals surface area contributed by atoms with Crippen molar-refractivity contribution in [2.24, 2.45) is 5.92 Å². The van der Waals surface area contributed by atoms with Gasteiger partial charge in [-0.15, -0.1) is 0 Å². The molecule has 0 saturated carbocycles. The van der Waals surface area contributed by atoms with Gasteiger partial charge >= 0.3 is 0 Å². The zero-order chi connectivity index (χ0) is 14.8. The first kappa shape index (κ1) is 14.1. The Bertz CT molecular complexity index is 528. The molecule has 0 radical (unpaired) electrons. The summed E-state index contributed by atoms with van der Waals surface area (Å²) in [5.74, 6) is 1.80. The van der Waals surface area contributed by atoms with Crippen molar-refractivity contribution in [1.82, 2.24) is 9.88 Å². The molecule has 1 unspecified atom stereocenters. The van der Waals surface area contributed by atoms with E-state index in [1.54, 1.807) is 0 Å². The van der Waals surface area contributed by atoms with Crippen LogP contribution in [-0.4, -0.2) is 47.0 Å². The molecule has 0 aromatic carbocycles. The van der Waals surface area contributed by atoms with E-state index in [4.69, 9.17) is 0 Å². The maximum atomic E-state index is 11.0. The fourth-order valence-corrected chi connectivity index (χ4v) is 3.29. The number of nitro groups is 1. The quantitative estimate of drug-likeness (QED) is 0.637. The van der Waals surface area contributed by atoms with Gasteiger partial charge in [0.25, 0.3) is 5.69 Å². The minimum atomic E-state index is -0.371. The average Bonchev–Trinajstić information content (AvgIpc) is 2.48. The van der Waals surface area contributed by atoms with Crippen LogP contribution in [0.15, 0.2) is 12.1 Å². The standard InChI is InChI=1S/C14H21N5O2/c1-2-15-13-7-11(19(20)21)8-14(17-13)16-12-9-18-5-3-10(12)4-6-18/h7-8,10,12H,2-6,9H2,1H3,(H2,15,16,17). The third-order valence-corrected chi connectivity index (χ3v) is 4.37. The Morgan fingerprint density at radius 3 is 2.67 bits per heavy atom. The van der Waals surface area contributed by atoms with Gasteiger partial charge in [0.2, 0.25) is 0 Å². The van der Waals surface area contributed by atoms with E-state index >= 15 is 0 Å². The molecular weight excluding hydrogens is 270 g/mol. The molecule has 21 heavy (non-hydrogen) atoms. The number of nitrogens with zero attached hydrogens (tertiary/aromatic N) is 3. The maximum absolute atomic E-state index is 11.0. The number of anilines is 2. The van der Waals surface area contributed by atoms with Gasteiger partial charge in [-0.2, -0.15) is 0 Å². The second kappa shape index (κ2) is 5.85. The van der Waals surface area contributed by atoms with Crippen molar-refractivity contribution >= 4 is 17.3 Å². The summed E-state index contributed by atoms with van der Waals surface area (Å²) < 4.78 is 0. The first-order valence-electron chi connectivity index (χ1n) is 7.55. The predicted molar refractivity (Wildman–Crippen MR) is 81.6 cm³/mol. The third-order valence-electron chi connectivity index (χ3n) is 4.37. The number of piperidine rings is 3. The van der Waals surface area contributed by atoms with Crippen LogP contribution in [0.2, 0.25) is 0 Å². The molecular formula is C14H21N5O2.